The van der Waals surface area contributed by atoms with Crippen LogP contribution in [0.4, 0.5) is 0 Å². The molecule has 1 aliphatic heterocycles. The number of nitrogens with one attached hydrogen (secondary N) is 1. The SMILES string of the molecule is O=C(COCC[C@@H]1CCCCN1)c1ccccn1. The van der Waals surface area contributed by atoms with Crippen LogP contribution < -0.4 is 5.32 Å². The Kier molecular flexibility index (Phi) is 5.30. The number of carbonyl (C=O) groups is 1. The molecular weight excluding hydrogens is 228 g/mol. The molecule has 1 aromatic rings. The van der Waals surface area contributed by atoms with Gasteiger partial charge in [0.05, 0.1) is 0 Å². The van der Waals surface area contributed by atoms with E-state index in [-0.39, 0.29) is 12.4 Å². The van der Waals surface area contributed by atoms with Crippen LogP contribution in [0.15, 0.2) is 24.4 Å². The summed E-state index contributed by atoms with van der Waals surface area (Å²) in [4.78, 5) is 15.7. The number of nitrogens with zero attached hydrogens (tertiary/aromatic N) is 1. The zero-order chi connectivity index (χ0) is 12.6. The molecule has 0 spiro atoms. The minimum atomic E-state index is -0.0489. The first-order valence-corrected chi connectivity index (χ1v) is 6.61. The number of pyridine rings is 1. The number of piperidine rings is 1. The third-order valence-electron chi connectivity index (χ3n) is 3.21. The normalized spacial score (nSPS) is 19.7. The molecule has 18 heavy (non-hydrogen) atoms. The van der Waals surface area contributed by atoms with Crippen LogP contribution in [-0.4, -0.2) is 36.6 Å². The Morgan fingerprint density at radius 3 is 3.11 bits per heavy atom. The summed E-state index contributed by atoms with van der Waals surface area (Å²) in [5.41, 5.74) is 0.480. The molecule has 0 amide bonds. The minimum absolute atomic E-state index is 0.0489. The van der Waals surface area contributed by atoms with Crippen molar-refractivity contribution in [3.8, 4) is 0 Å². The molecule has 1 N–H and O–H groups in total. The number of rotatable bonds is 6. The number of carbonyl (C=O) groups excluding carboxylic acids is 1. The van der Waals surface area contributed by atoms with Crippen molar-refractivity contribution in [1.82, 2.24) is 10.3 Å². The van der Waals surface area contributed by atoms with Gasteiger partial charge in [-0.3, -0.25) is 9.78 Å². The van der Waals surface area contributed by atoms with Crippen molar-refractivity contribution in [2.24, 2.45) is 0 Å². The predicted molar refractivity (Wildman–Crippen MR) is 69.6 cm³/mol. The highest BCUT2D eigenvalue weighted by molar-refractivity contribution is 5.95. The molecular formula is C14H20N2O2. The number of Topliss-reactive ketones (excluding diaryl/α,β-unsaturated/α-hetero) is 1. The van der Waals surface area contributed by atoms with Gasteiger partial charge in [0, 0.05) is 18.8 Å². The van der Waals surface area contributed by atoms with E-state index in [4.69, 9.17) is 4.74 Å². The lowest BCUT2D eigenvalue weighted by Crippen LogP contribution is -2.34. The molecule has 1 aromatic heterocycles. The summed E-state index contributed by atoms with van der Waals surface area (Å²) in [5.74, 6) is -0.0489. The van der Waals surface area contributed by atoms with Crippen LogP contribution in [0.3, 0.4) is 0 Å². The van der Waals surface area contributed by atoms with Gasteiger partial charge in [0.2, 0.25) is 5.78 Å². The van der Waals surface area contributed by atoms with E-state index in [1.807, 2.05) is 6.07 Å². The standard InChI is InChI=1S/C14H20N2O2/c17-14(13-6-2-4-9-16-13)11-18-10-7-12-5-1-3-8-15-12/h2,4,6,9,12,15H,1,3,5,7-8,10-11H2/t12-/m0/s1. The van der Waals surface area contributed by atoms with Crippen LogP contribution in [0.2, 0.25) is 0 Å². The van der Waals surface area contributed by atoms with E-state index in [2.05, 4.69) is 10.3 Å². The van der Waals surface area contributed by atoms with E-state index in [1.54, 1.807) is 18.3 Å². The number of ether oxygens (including phenoxy) is 1. The second-order valence-electron chi connectivity index (χ2n) is 4.63. The van der Waals surface area contributed by atoms with E-state index in [0.29, 0.717) is 18.3 Å². The molecule has 1 aliphatic rings. The van der Waals surface area contributed by atoms with Gasteiger partial charge >= 0.3 is 0 Å². The summed E-state index contributed by atoms with van der Waals surface area (Å²) in [6.45, 7) is 1.87. The van der Waals surface area contributed by atoms with Crippen LogP contribution in [0.5, 0.6) is 0 Å². The summed E-state index contributed by atoms with van der Waals surface area (Å²) in [6, 6.07) is 5.89. The molecule has 0 aliphatic carbocycles. The quantitative estimate of drug-likeness (QED) is 0.616. The molecule has 4 nitrogen and oxygen atoms in total. The molecule has 0 aromatic carbocycles. The van der Waals surface area contributed by atoms with Gasteiger partial charge in [-0.1, -0.05) is 12.5 Å². The molecule has 1 fully saturated rings. The molecule has 0 radical (unpaired) electrons. The first-order chi connectivity index (χ1) is 8.86. The van der Waals surface area contributed by atoms with Gasteiger partial charge < -0.3 is 10.1 Å². The van der Waals surface area contributed by atoms with E-state index < -0.39 is 0 Å². The molecule has 1 atom stereocenters. The topological polar surface area (TPSA) is 51.2 Å². The summed E-state index contributed by atoms with van der Waals surface area (Å²) in [7, 11) is 0. The van der Waals surface area contributed by atoms with Gasteiger partial charge in [-0.05, 0) is 37.9 Å². The van der Waals surface area contributed by atoms with Gasteiger partial charge in [-0.15, -0.1) is 0 Å². The molecule has 2 rings (SSSR count). The Bertz CT molecular complexity index is 361. The Balaban J connectivity index is 1.62. The fraction of sp³-hybridized carbons (Fsp3) is 0.571. The summed E-state index contributed by atoms with van der Waals surface area (Å²) in [5, 5.41) is 3.46. The monoisotopic (exact) mass is 248 g/mol. The van der Waals surface area contributed by atoms with E-state index in [9.17, 15) is 4.79 Å². The number of ketones is 1. The Hall–Kier alpha value is -1.26. The third-order valence-corrected chi connectivity index (χ3v) is 3.21. The zero-order valence-corrected chi connectivity index (χ0v) is 10.6. The number of hydrogen-bond acceptors (Lipinski definition) is 4. The third kappa shape index (κ3) is 4.20. The number of hydrogen-bond donors (Lipinski definition) is 1. The van der Waals surface area contributed by atoms with Crippen LogP contribution in [0.1, 0.15) is 36.2 Å². The van der Waals surface area contributed by atoms with E-state index in [0.717, 1.165) is 13.0 Å². The van der Waals surface area contributed by atoms with E-state index >= 15 is 0 Å². The van der Waals surface area contributed by atoms with Crippen molar-refractivity contribution in [3.05, 3.63) is 30.1 Å². The van der Waals surface area contributed by atoms with Crippen molar-refractivity contribution >= 4 is 5.78 Å². The predicted octanol–water partition coefficient (Wildman–Crippen LogP) is 1.81. The average molecular weight is 248 g/mol. The molecule has 4 heteroatoms. The van der Waals surface area contributed by atoms with Crippen molar-refractivity contribution in [3.63, 3.8) is 0 Å². The first-order valence-electron chi connectivity index (χ1n) is 6.61. The molecule has 2 heterocycles. The first kappa shape index (κ1) is 13.2. The van der Waals surface area contributed by atoms with Gasteiger partial charge in [0.25, 0.3) is 0 Å². The molecule has 0 bridgehead atoms. The molecule has 1 saturated heterocycles. The number of aromatic nitrogens is 1. The lowest BCUT2D eigenvalue weighted by Gasteiger charge is -2.23. The Labute approximate surface area is 108 Å². The Morgan fingerprint density at radius 2 is 2.39 bits per heavy atom. The fourth-order valence-corrected chi connectivity index (χ4v) is 2.16. The highest BCUT2D eigenvalue weighted by Crippen LogP contribution is 2.09. The average Bonchev–Trinajstić information content (AvgIpc) is 2.45. The lowest BCUT2D eigenvalue weighted by atomic mass is 10.0. The van der Waals surface area contributed by atoms with Gasteiger partial charge in [0.1, 0.15) is 12.3 Å². The van der Waals surface area contributed by atoms with Gasteiger partial charge in [-0.25, -0.2) is 0 Å². The minimum Gasteiger partial charge on any atom is -0.373 e. The van der Waals surface area contributed by atoms with Gasteiger partial charge in [-0.2, -0.15) is 0 Å². The second kappa shape index (κ2) is 7.24. The summed E-state index contributed by atoms with van der Waals surface area (Å²) < 4.78 is 5.42. The van der Waals surface area contributed by atoms with Crippen molar-refractivity contribution in [2.45, 2.75) is 31.7 Å². The second-order valence-corrected chi connectivity index (χ2v) is 4.63. The van der Waals surface area contributed by atoms with Crippen molar-refractivity contribution < 1.29 is 9.53 Å². The largest absolute Gasteiger partial charge is 0.373 e. The summed E-state index contributed by atoms with van der Waals surface area (Å²) >= 11 is 0. The fourth-order valence-electron chi connectivity index (χ4n) is 2.16. The lowest BCUT2D eigenvalue weighted by molar-refractivity contribution is 0.0731. The van der Waals surface area contributed by atoms with E-state index in [1.165, 1.54) is 19.3 Å². The van der Waals surface area contributed by atoms with Crippen molar-refractivity contribution in [1.29, 1.82) is 0 Å². The van der Waals surface area contributed by atoms with Crippen LogP contribution in [0, 0.1) is 0 Å². The maximum Gasteiger partial charge on any atom is 0.206 e. The van der Waals surface area contributed by atoms with Crippen LogP contribution in [0.25, 0.3) is 0 Å². The molecule has 98 valence electrons. The smallest absolute Gasteiger partial charge is 0.206 e. The maximum atomic E-state index is 11.7. The summed E-state index contributed by atoms with van der Waals surface area (Å²) in [6.07, 6.45) is 6.40. The highest BCUT2D eigenvalue weighted by Gasteiger charge is 2.12. The van der Waals surface area contributed by atoms with Crippen molar-refractivity contribution in [2.75, 3.05) is 19.8 Å². The zero-order valence-electron chi connectivity index (χ0n) is 10.6. The molecule has 0 unspecified atom stereocenters. The van der Waals surface area contributed by atoms with Crippen LogP contribution >= 0.6 is 0 Å². The van der Waals surface area contributed by atoms with Gasteiger partial charge in [0.15, 0.2) is 0 Å². The molecule has 0 saturated carbocycles. The highest BCUT2D eigenvalue weighted by atomic mass is 16.5. The Morgan fingerprint density at radius 1 is 1.44 bits per heavy atom. The van der Waals surface area contributed by atoms with Crippen LogP contribution in [-0.2, 0) is 4.74 Å². The maximum absolute atomic E-state index is 11.7.